The third kappa shape index (κ3) is 5.57. The van der Waals surface area contributed by atoms with Gasteiger partial charge in [-0.2, -0.15) is 0 Å². The van der Waals surface area contributed by atoms with Crippen molar-refractivity contribution < 1.29 is 9.53 Å². The Morgan fingerprint density at radius 2 is 1.96 bits per heavy atom. The number of nitrogens with one attached hydrogen (secondary N) is 1. The topological polar surface area (TPSA) is 41.6 Å². The van der Waals surface area contributed by atoms with Crippen LogP contribution in [0.5, 0.6) is 0 Å². The lowest BCUT2D eigenvalue weighted by molar-refractivity contribution is -0.123. The minimum absolute atomic E-state index is 0.229. The molecule has 0 aliphatic carbocycles. The zero-order chi connectivity index (χ0) is 16.8. The highest BCUT2D eigenvalue weighted by molar-refractivity contribution is 9.10. The van der Waals surface area contributed by atoms with Crippen LogP contribution >= 0.6 is 15.9 Å². The van der Waals surface area contributed by atoms with Crippen molar-refractivity contribution in [3.8, 4) is 0 Å². The molecule has 0 unspecified atom stereocenters. The second-order valence-corrected chi connectivity index (χ2v) is 7.92. The number of rotatable bonds is 5. The molecule has 3 rings (SSSR count). The van der Waals surface area contributed by atoms with E-state index in [1.807, 2.05) is 0 Å². The standard InChI is InChI=1S/C19H27BrN2O2/c20-17-3-1-2-16(12-17)14-22-8-4-15(5-9-22)13-19(23)21-18-6-10-24-11-7-18/h1-3,12,15,18H,4-11,13-14H2,(H,21,23). The lowest BCUT2D eigenvalue weighted by Gasteiger charge is -2.32. The molecule has 2 aliphatic heterocycles. The molecule has 0 saturated carbocycles. The van der Waals surface area contributed by atoms with Gasteiger partial charge in [0.15, 0.2) is 0 Å². The zero-order valence-corrected chi connectivity index (χ0v) is 15.8. The number of benzene rings is 1. The molecule has 0 bridgehead atoms. The van der Waals surface area contributed by atoms with Gasteiger partial charge in [0.1, 0.15) is 0 Å². The lowest BCUT2D eigenvalue weighted by Crippen LogP contribution is -2.41. The van der Waals surface area contributed by atoms with Crippen molar-refractivity contribution in [2.45, 2.75) is 44.7 Å². The fourth-order valence-electron chi connectivity index (χ4n) is 3.63. The first-order valence-electron chi connectivity index (χ1n) is 9.03. The van der Waals surface area contributed by atoms with Crippen LogP contribution in [0, 0.1) is 5.92 Å². The molecule has 0 spiro atoms. The predicted molar refractivity (Wildman–Crippen MR) is 98.7 cm³/mol. The van der Waals surface area contributed by atoms with Gasteiger partial charge < -0.3 is 10.1 Å². The molecule has 0 aromatic heterocycles. The molecular formula is C19H27BrN2O2. The molecule has 2 fully saturated rings. The number of halogens is 1. The molecule has 1 amide bonds. The van der Waals surface area contributed by atoms with Crippen molar-refractivity contribution >= 4 is 21.8 Å². The molecule has 2 heterocycles. The first-order valence-corrected chi connectivity index (χ1v) is 9.82. The maximum absolute atomic E-state index is 12.2. The summed E-state index contributed by atoms with van der Waals surface area (Å²) in [6, 6.07) is 8.84. The van der Waals surface area contributed by atoms with E-state index in [0.717, 1.165) is 63.0 Å². The molecule has 0 radical (unpaired) electrons. The Hall–Kier alpha value is -0.910. The van der Waals surface area contributed by atoms with Gasteiger partial charge in [-0.3, -0.25) is 9.69 Å². The molecule has 24 heavy (non-hydrogen) atoms. The second-order valence-electron chi connectivity index (χ2n) is 7.01. The van der Waals surface area contributed by atoms with E-state index in [0.29, 0.717) is 18.4 Å². The summed E-state index contributed by atoms with van der Waals surface area (Å²) in [5.41, 5.74) is 1.35. The molecule has 132 valence electrons. The largest absolute Gasteiger partial charge is 0.381 e. The summed E-state index contributed by atoms with van der Waals surface area (Å²) in [6.45, 7) is 4.72. The fraction of sp³-hybridized carbons (Fsp3) is 0.632. The highest BCUT2D eigenvalue weighted by atomic mass is 79.9. The number of likely N-dealkylation sites (tertiary alicyclic amines) is 1. The number of carbonyl (C=O) groups excluding carboxylic acids is 1. The van der Waals surface area contributed by atoms with Crippen LogP contribution in [0.2, 0.25) is 0 Å². The molecule has 2 saturated heterocycles. The Balaban J connectivity index is 1.37. The van der Waals surface area contributed by atoms with Crippen molar-refractivity contribution in [2.24, 2.45) is 5.92 Å². The molecule has 2 aliphatic rings. The Bertz CT molecular complexity index is 538. The number of piperidine rings is 1. The van der Waals surface area contributed by atoms with Gasteiger partial charge in [0.05, 0.1) is 0 Å². The fourth-order valence-corrected chi connectivity index (χ4v) is 4.08. The molecule has 4 nitrogen and oxygen atoms in total. The van der Waals surface area contributed by atoms with Crippen molar-refractivity contribution in [3.63, 3.8) is 0 Å². The van der Waals surface area contributed by atoms with Gasteiger partial charge >= 0.3 is 0 Å². The van der Waals surface area contributed by atoms with Crippen LogP contribution in [-0.2, 0) is 16.1 Å². The van der Waals surface area contributed by atoms with Crippen LogP contribution in [0.15, 0.2) is 28.7 Å². The molecular weight excluding hydrogens is 368 g/mol. The van der Waals surface area contributed by atoms with Crippen molar-refractivity contribution in [2.75, 3.05) is 26.3 Å². The number of hydrogen-bond acceptors (Lipinski definition) is 3. The van der Waals surface area contributed by atoms with Gasteiger partial charge in [-0.1, -0.05) is 28.1 Å². The third-order valence-electron chi connectivity index (χ3n) is 5.06. The third-order valence-corrected chi connectivity index (χ3v) is 5.56. The van der Waals surface area contributed by atoms with Crippen LogP contribution < -0.4 is 5.32 Å². The summed E-state index contributed by atoms with van der Waals surface area (Å²) in [4.78, 5) is 14.7. The highest BCUT2D eigenvalue weighted by Gasteiger charge is 2.23. The Kier molecular flexibility index (Phi) is 6.69. The molecule has 1 aromatic carbocycles. The molecule has 1 aromatic rings. The van der Waals surface area contributed by atoms with Crippen LogP contribution in [0.25, 0.3) is 0 Å². The van der Waals surface area contributed by atoms with Gasteiger partial charge in [-0.15, -0.1) is 0 Å². The first-order chi connectivity index (χ1) is 11.7. The van der Waals surface area contributed by atoms with E-state index in [9.17, 15) is 4.79 Å². The zero-order valence-electron chi connectivity index (χ0n) is 14.2. The van der Waals surface area contributed by atoms with E-state index in [2.05, 4.69) is 50.4 Å². The van der Waals surface area contributed by atoms with E-state index in [1.54, 1.807) is 0 Å². The molecule has 5 heteroatoms. The average Bonchev–Trinajstić information content (AvgIpc) is 2.57. The summed E-state index contributed by atoms with van der Waals surface area (Å²) in [7, 11) is 0. The van der Waals surface area contributed by atoms with Gasteiger partial charge in [-0.05, 0) is 62.4 Å². The van der Waals surface area contributed by atoms with Crippen LogP contribution in [-0.4, -0.2) is 43.2 Å². The lowest BCUT2D eigenvalue weighted by atomic mass is 9.92. The van der Waals surface area contributed by atoms with E-state index in [-0.39, 0.29) is 5.91 Å². The number of ether oxygens (including phenoxy) is 1. The molecule has 0 atom stereocenters. The van der Waals surface area contributed by atoms with Crippen LogP contribution in [0.1, 0.15) is 37.7 Å². The predicted octanol–water partition coefficient (Wildman–Crippen LogP) is 3.35. The number of nitrogens with zero attached hydrogens (tertiary/aromatic N) is 1. The van der Waals surface area contributed by atoms with E-state index >= 15 is 0 Å². The van der Waals surface area contributed by atoms with E-state index in [4.69, 9.17) is 4.74 Å². The second kappa shape index (κ2) is 8.97. The van der Waals surface area contributed by atoms with Gasteiger partial charge in [0.2, 0.25) is 5.91 Å². The van der Waals surface area contributed by atoms with Crippen molar-refractivity contribution in [1.82, 2.24) is 10.2 Å². The number of amides is 1. The Labute approximate surface area is 153 Å². The Morgan fingerprint density at radius 3 is 2.67 bits per heavy atom. The van der Waals surface area contributed by atoms with Crippen molar-refractivity contribution in [3.05, 3.63) is 34.3 Å². The quantitative estimate of drug-likeness (QED) is 0.832. The van der Waals surface area contributed by atoms with Crippen molar-refractivity contribution in [1.29, 1.82) is 0 Å². The summed E-state index contributed by atoms with van der Waals surface area (Å²) < 4.78 is 6.48. The summed E-state index contributed by atoms with van der Waals surface area (Å²) >= 11 is 3.53. The minimum Gasteiger partial charge on any atom is -0.381 e. The maximum atomic E-state index is 12.2. The first kappa shape index (κ1) is 17.9. The monoisotopic (exact) mass is 394 g/mol. The normalized spacial score (nSPS) is 20.9. The van der Waals surface area contributed by atoms with Gasteiger partial charge in [0.25, 0.3) is 0 Å². The van der Waals surface area contributed by atoms with Crippen LogP contribution in [0.4, 0.5) is 0 Å². The van der Waals surface area contributed by atoms with E-state index in [1.165, 1.54) is 5.56 Å². The summed E-state index contributed by atoms with van der Waals surface area (Å²) in [6.07, 6.45) is 4.83. The van der Waals surface area contributed by atoms with Crippen LogP contribution in [0.3, 0.4) is 0 Å². The minimum atomic E-state index is 0.229. The number of carbonyl (C=O) groups is 1. The van der Waals surface area contributed by atoms with Gasteiger partial charge in [-0.25, -0.2) is 0 Å². The maximum Gasteiger partial charge on any atom is 0.220 e. The number of hydrogen-bond donors (Lipinski definition) is 1. The summed E-state index contributed by atoms with van der Waals surface area (Å²) in [5.74, 6) is 0.760. The summed E-state index contributed by atoms with van der Waals surface area (Å²) in [5, 5.41) is 3.19. The smallest absolute Gasteiger partial charge is 0.220 e. The molecule has 1 N–H and O–H groups in total. The van der Waals surface area contributed by atoms with E-state index < -0.39 is 0 Å². The SMILES string of the molecule is O=C(CC1CCN(Cc2cccc(Br)c2)CC1)NC1CCOCC1. The highest BCUT2D eigenvalue weighted by Crippen LogP contribution is 2.23. The van der Waals surface area contributed by atoms with Gasteiger partial charge in [0, 0.05) is 36.7 Å². The Morgan fingerprint density at radius 1 is 1.21 bits per heavy atom. The average molecular weight is 395 g/mol.